The zero-order chi connectivity index (χ0) is 18.0. The minimum atomic E-state index is -0.485. The Balaban J connectivity index is 1.69. The summed E-state index contributed by atoms with van der Waals surface area (Å²) in [5.74, 6) is 1.03. The Morgan fingerprint density at radius 3 is 2.72 bits per heavy atom. The number of rotatable bonds is 4. The molecule has 0 aromatic heterocycles. The molecule has 0 bridgehead atoms. The topological polar surface area (TPSA) is 81.9 Å². The maximum Gasteiger partial charge on any atom is 0.273 e. The third kappa shape index (κ3) is 3.55. The number of hydrogen-bond donors (Lipinski definition) is 0. The molecule has 0 saturated heterocycles. The summed E-state index contributed by atoms with van der Waals surface area (Å²) in [6.07, 6.45) is -0.302. The predicted octanol–water partition coefficient (Wildman–Crippen LogP) is 2.82. The molecule has 1 heterocycles. The summed E-state index contributed by atoms with van der Waals surface area (Å²) in [5, 5.41) is 11.0. The minimum Gasteiger partial charge on any atom is -0.486 e. The van der Waals surface area contributed by atoms with E-state index in [9.17, 15) is 14.9 Å². The van der Waals surface area contributed by atoms with Gasteiger partial charge in [0.05, 0.1) is 11.5 Å². The fourth-order valence-corrected chi connectivity index (χ4v) is 2.70. The quantitative estimate of drug-likeness (QED) is 0.630. The van der Waals surface area contributed by atoms with Crippen LogP contribution in [0, 0.1) is 17.0 Å². The summed E-state index contributed by atoms with van der Waals surface area (Å²) in [6.45, 7) is 2.29. The maximum atomic E-state index is 12.6. The number of para-hydroxylation sites is 2. The molecule has 0 saturated carbocycles. The first kappa shape index (κ1) is 16.8. The second kappa shape index (κ2) is 6.80. The standard InChI is InChI=1S/C18H18N2O5/c1-12-7-8-13(9-15(12)20(22)23)18(21)19(2)10-14-11-24-16-5-3-4-6-17(16)25-14/h3-9,14H,10-11H2,1-2H3/t14-/m1/s1. The normalized spacial score (nSPS) is 15.5. The van der Waals surface area contributed by atoms with E-state index in [1.807, 2.05) is 24.3 Å². The van der Waals surface area contributed by atoms with Gasteiger partial charge in [-0.15, -0.1) is 0 Å². The molecule has 1 aliphatic rings. The summed E-state index contributed by atoms with van der Waals surface area (Å²) in [4.78, 5) is 24.6. The van der Waals surface area contributed by atoms with Crippen LogP contribution in [0.4, 0.5) is 5.69 Å². The highest BCUT2D eigenvalue weighted by atomic mass is 16.6. The summed E-state index contributed by atoms with van der Waals surface area (Å²) in [5.41, 5.74) is 0.729. The fraction of sp³-hybridized carbons (Fsp3) is 0.278. The summed E-state index contributed by atoms with van der Waals surface area (Å²) in [7, 11) is 1.64. The van der Waals surface area contributed by atoms with Gasteiger partial charge in [-0.05, 0) is 25.1 Å². The van der Waals surface area contributed by atoms with E-state index >= 15 is 0 Å². The number of nitrogens with zero attached hydrogens (tertiary/aromatic N) is 2. The van der Waals surface area contributed by atoms with Crippen LogP contribution in [0.15, 0.2) is 42.5 Å². The fourth-order valence-electron chi connectivity index (χ4n) is 2.70. The second-order valence-electron chi connectivity index (χ2n) is 5.94. The molecule has 1 aliphatic heterocycles. The number of likely N-dealkylation sites (N-methyl/N-ethyl adjacent to an activating group) is 1. The Bertz CT molecular complexity index is 821. The predicted molar refractivity (Wildman–Crippen MR) is 91.1 cm³/mol. The Hall–Kier alpha value is -3.09. The van der Waals surface area contributed by atoms with Gasteiger partial charge in [0.2, 0.25) is 0 Å². The van der Waals surface area contributed by atoms with Gasteiger partial charge in [-0.1, -0.05) is 18.2 Å². The molecule has 7 heteroatoms. The molecule has 2 aromatic carbocycles. The molecule has 2 aromatic rings. The van der Waals surface area contributed by atoms with E-state index in [-0.39, 0.29) is 23.3 Å². The number of nitro groups is 1. The molecule has 3 rings (SSSR count). The van der Waals surface area contributed by atoms with Crippen molar-refractivity contribution in [1.29, 1.82) is 0 Å². The number of benzene rings is 2. The van der Waals surface area contributed by atoms with E-state index < -0.39 is 4.92 Å². The Kier molecular flexibility index (Phi) is 4.56. The van der Waals surface area contributed by atoms with Crippen LogP contribution in [0.25, 0.3) is 0 Å². The highest BCUT2D eigenvalue weighted by Gasteiger charge is 2.25. The Labute approximate surface area is 144 Å². The molecule has 130 valence electrons. The maximum absolute atomic E-state index is 12.6. The number of nitro benzene ring substituents is 1. The van der Waals surface area contributed by atoms with E-state index in [4.69, 9.17) is 9.47 Å². The monoisotopic (exact) mass is 342 g/mol. The van der Waals surface area contributed by atoms with Crippen LogP contribution in [0.1, 0.15) is 15.9 Å². The van der Waals surface area contributed by atoms with Crippen molar-refractivity contribution in [2.75, 3.05) is 20.2 Å². The molecule has 1 atom stereocenters. The molecule has 1 amide bonds. The van der Waals surface area contributed by atoms with Gasteiger partial charge in [0, 0.05) is 24.2 Å². The molecular weight excluding hydrogens is 324 g/mol. The highest BCUT2D eigenvalue weighted by Crippen LogP contribution is 2.31. The van der Waals surface area contributed by atoms with Gasteiger partial charge in [-0.2, -0.15) is 0 Å². The van der Waals surface area contributed by atoms with Crippen molar-refractivity contribution in [3.63, 3.8) is 0 Å². The average Bonchev–Trinajstić information content (AvgIpc) is 2.61. The molecular formula is C18H18N2O5. The van der Waals surface area contributed by atoms with Crippen molar-refractivity contribution in [1.82, 2.24) is 4.90 Å². The van der Waals surface area contributed by atoms with Crippen molar-refractivity contribution >= 4 is 11.6 Å². The van der Waals surface area contributed by atoms with E-state index in [2.05, 4.69) is 0 Å². The molecule has 0 N–H and O–H groups in total. The zero-order valence-electron chi connectivity index (χ0n) is 14.0. The van der Waals surface area contributed by atoms with Crippen LogP contribution in [0.5, 0.6) is 11.5 Å². The lowest BCUT2D eigenvalue weighted by Gasteiger charge is -2.29. The summed E-state index contributed by atoms with van der Waals surface area (Å²) >= 11 is 0. The van der Waals surface area contributed by atoms with Gasteiger partial charge in [-0.3, -0.25) is 14.9 Å². The minimum absolute atomic E-state index is 0.0644. The number of carbonyl (C=O) groups is 1. The molecule has 0 aliphatic carbocycles. The zero-order valence-corrected chi connectivity index (χ0v) is 14.0. The number of hydrogen-bond acceptors (Lipinski definition) is 5. The molecule has 25 heavy (non-hydrogen) atoms. The highest BCUT2D eigenvalue weighted by molar-refractivity contribution is 5.94. The molecule has 0 fully saturated rings. The average molecular weight is 342 g/mol. The van der Waals surface area contributed by atoms with E-state index in [1.54, 1.807) is 26.1 Å². The van der Waals surface area contributed by atoms with Gasteiger partial charge >= 0.3 is 0 Å². The number of carbonyl (C=O) groups excluding carboxylic acids is 1. The van der Waals surface area contributed by atoms with Gasteiger partial charge in [0.15, 0.2) is 17.6 Å². The first-order chi connectivity index (χ1) is 12.0. The van der Waals surface area contributed by atoms with Crippen LogP contribution >= 0.6 is 0 Å². The molecule has 0 radical (unpaired) electrons. The van der Waals surface area contributed by atoms with Crippen molar-refractivity contribution in [3.8, 4) is 11.5 Å². The lowest BCUT2D eigenvalue weighted by atomic mass is 10.1. The Morgan fingerprint density at radius 1 is 1.28 bits per heavy atom. The van der Waals surface area contributed by atoms with Crippen molar-refractivity contribution in [3.05, 3.63) is 63.7 Å². The van der Waals surface area contributed by atoms with Gasteiger partial charge < -0.3 is 14.4 Å². The van der Waals surface area contributed by atoms with E-state index in [0.717, 1.165) is 0 Å². The number of amides is 1. The first-order valence-electron chi connectivity index (χ1n) is 7.84. The largest absolute Gasteiger partial charge is 0.486 e. The van der Waals surface area contributed by atoms with Gasteiger partial charge in [-0.25, -0.2) is 0 Å². The summed E-state index contributed by atoms with van der Waals surface area (Å²) in [6, 6.07) is 11.8. The van der Waals surface area contributed by atoms with Gasteiger partial charge in [0.25, 0.3) is 11.6 Å². The number of aryl methyl sites for hydroxylation is 1. The number of fused-ring (bicyclic) bond motifs is 1. The van der Waals surface area contributed by atoms with Gasteiger partial charge in [0.1, 0.15) is 6.61 Å². The second-order valence-corrected chi connectivity index (χ2v) is 5.94. The SMILES string of the molecule is Cc1ccc(C(=O)N(C)C[C@@H]2COc3ccccc3O2)cc1[N+](=O)[O-]. The van der Waals surface area contributed by atoms with Crippen LogP contribution in [0.2, 0.25) is 0 Å². The van der Waals surface area contributed by atoms with E-state index in [1.165, 1.54) is 11.0 Å². The third-order valence-corrected chi connectivity index (χ3v) is 4.04. The molecule has 0 unspecified atom stereocenters. The first-order valence-corrected chi connectivity index (χ1v) is 7.84. The smallest absolute Gasteiger partial charge is 0.273 e. The van der Waals surface area contributed by atoms with Crippen LogP contribution in [-0.2, 0) is 0 Å². The third-order valence-electron chi connectivity index (χ3n) is 4.04. The van der Waals surface area contributed by atoms with E-state index in [0.29, 0.717) is 30.2 Å². The van der Waals surface area contributed by atoms with Crippen molar-refractivity contribution < 1.29 is 19.2 Å². The van der Waals surface area contributed by atoms with Crippen LogP contribution < -0.4 is 9.47 Å². The Morgan fingerprint density at radius 2 is 2.00 bits per heavy atom. The van der Waals surface area contributed by atoms with Crippen molar-refractivity contribution in [2.24, 2.45) is 0 Å². The molecule has 7 nitrogen and oxygen atoms in total. The van der Waals surface area contributed by atoms with Crippen LogP contribution in [-0.4, -0.2) is 42.0 Å². The molecule has 0 spiro atoms. The lowest BCUT2D eigenvalue weighted by Crippen LogP contribution is -2.41. The van der Waals surface area contributed by atoms with Crippen LogP contribution in [0.3, 0.4) is 0 Å². The lowest BCUT2D eigenvalue weighted by molar-refractivity contribution is -0.385. The van der Waals surface area contributed by atoms with Crippen molar-refractivity contribution in [2.45, 2.75) is 13.0 Å². The number of ether oxygens (including phenoxy) is 2. The summed E-state index contributed by atoms with van der Waals surface area (Å²) < 4.78 is 11.5.